The predicted molar refractivity (Wildman–Crippen MR) is 101 cm³/mol. The van der Waals surface area contributed by atoms with Crippen LogP contribution in [0.25, 0.3) is 0 Å². The second-order valence-corrected chi connectivity index (χ2v) is 8.31. The highest BCUT2D eigenvalue weighted by Crippen LogP contribution is 2.18. The van der Waals surface area contributed by atoms with Crippen LogP contribution >= 0.6 is 0 Å². The molecule has 1 N–H and O–H groups in total. The molecule has 1 unspecified atom stereocenters. The summed E-state index contributed by atoms with van der Waals surface area (Å²) in [6.45, 7) is 12.8. The average Bonchev–Trinajstić information content (AvgIpc) is 2.51. The summed E-state index contributed by atoms with van der Waals surface area (Å²) in [5.74, 6) is -0.243. The van der Waals surface area contributed by atoms with Crippen LogP contribution in [0.2, 0.25) is 0 Å². The van der Waals surface area contributed by atoms with Gasteiger partial charge >= 0.3 is 5.97 Å². The zero-order valence-electron chi connectivity index (χ0n) is 16.5. The summed E-state index contributed by atoms with van der Waals surface area (Å²) in [4.78, 5) is 23.9. The molecule has 0 fully saturated rings. The van der Waals surface area contributed by atoms with Crippen LogP contribution in [0, 0.1) is 11.3 Å². The predicted octanol–water partition coefficient (Wildman–Crippen LogP) is 4.08. The van der Waals surface area contributed by atoms with Gasteiger partial charge in [-0.05, 0) is 42.2 Å². The number of esters is 1. The number of carbonyl (C=O) groups excluding carboxylic acids is 2. The maximum Gasteiger partial charge on any atom is 0.325 e. The largest absolute Gasteiger partial charge is 0.464 e. The zero-order valence-corrected chi connectivity index (χ0v) is 16.5. The lowest BCUT2D eigenvalue weighted by Crippen LogP contribution is -2.33. The van der Waals surface area contributed by atoms with Gasteiger partial charge in [0, 0.05) is 0 Å². The lowest BCUT2D eigenvalue weighted by molar-refractivity contribution is -0.144. The number of carbonyl (C=O) groups is 2. The van der Waals surface area contributed by atoms with Crippen LogP contribution < -0.4 is 5.32 Å². The van der Waals surface area contributed by atoms with Gasteiger partial charge in [-0.15, -0.1) is 0 Å². The number of amides is 1. The molecule has 1 aromatic rings. The van der Waals surface area contributed by atoms with Crippen molar-refractivity contribution >= 4 is 11.9 Å². The molecule has 0 heterocycles. The minimum Gasteiger partial charge on any atom is -0.464 e. The fourth-order valence-corrected chi connectivity index (χ4v) is 2.40. The summed E-state index contributed by atoms with van der Waals surface area (Å²) in [5, 5.41) is 2.66. The van der Waals surface area contributed by atoms with Crippen LogP contribution in [0.15, 0.2) is 24.3 Å². The second kappa shape index (κ2) is 9.59. The molecule has 0 bridgehead atoms. The maximum atomic E-state index is 12.2. The van der Waals surface area contributed by atoms with E-state index in [2.05, 4.69) is 52.1 Å². The molecule has 4 nitrogen and oxygen atoms in total. The molecule has 0 radical (unpaired) electrons. The third-order valence-corrected chi connectivity index (χ3v) is 4.04. The van der Waals surface area contributed by atoms with Gasteiger partial charge in [0.05, 0.1) is 12.5 Å². The SMILES string of the molecule is CC(C)Cc1ccc(C(C)C(=O)NCC(=O)OCCC(C)(C)C)cc1. The van der Waals surface area contributed by atoms with E-state index in [1.807, 2.05) is 19.1 Å². The number of rotatable bonds is 8. The Morgan fingerprint density at radius 3 is 2.20 bits per heavy atom. The summed E-state index contributed by atoms with van der Waals surface area (Å²) >= 11 is 0. The Kier molecular flexibility index (Phi) is 8.14. The highest BCUT2D eigenvalue weighted by Gasteiger charge is 2.17. The number of hydrogen-bond acceptors (Lipinski definition) is 3. The highest BCUT2D eigenvalue weighted by atomic mass is 16.5. The molecule has 0 aromatic heterocycles. The molecule has 140 valence electrons. The van der Waals surface area contributed by atoms with Gasteiger partial charge in [0.1, 0.15) is 6.54 Å². The maximum absolute atomic E-state index is 12.2. The zero-order chi connectivity index (χ0) is 19.0. The van der Waals surface area contributed by atoms with Crippen molar-refractivity contribution in [2.45, 2.75) is 60.3 Å². The van der Waals surface area contributed by atoms with Gasteiger partial charge in [0.15, 0.2) is 0 Å². The number of nitrogens with one attached hydrogen (secondary N) is 1. The molecule has 0 saturated carbocycles. The van der Waals surface area contributed by atoms with Crippen LogP contribution in [-0.2, 0) is 20.7 Å². The van der Waals surface area contributed by atoms with Crippen molar-refractivity contribution in [2.24, 2.45) is 11.3 Å². The van der Waals surface area contributed by atoms with Gasteiger partial charge < -0.3 is 10.1 Å². The van der Waals surface area contributed by atoms with Crippen molar-refractivity contribution in [1.29, 1.82) is 0 Å². The van der Waals surface area contributed by atoms with Gasteiger partial charge in [-0.25, -0.2) is 0 Å². The van der Waals surface area contributed by atoms with Crippen LogP contribution in [0.4, 0.5) is 0 Å². The molecule has 0 aliphatic carbocycles. The van der Waals surface area contributed by atoms with Crippen molar-refractivity contribution in [3.05, 3.63) is 35.4 Å². The molecule has 1 atom stereocenters. The van der Waals surface area contributed by atoms with Crippen molar-refractivity contribution in [1.82, 2.24) is 5.32 Å². The molecular formula is C21H33NO3. The fraction of sp³-hybridized carbons (Fsp3) is 0.619. The van der Waals surface area contributed by atoms with Gasteiger partial charge in [-0.1, -0.05) is 58.9 Å². The Morgan fingerprint density at radius 2 is 1.68 bits per heavy atom. The molecular weight excluding hydrogens is 314 g/mol. The lowest BCUT2D eigenvalue weighted by Gasteiger charge is -2.18. The first kappa shape index (κ1) is 21.2. The van der Waals surface area contributed by atoms with Crippen molar-refractivity contribution in [2.75, 3.05) is 13.2 Å². The quantitative estimate of drug-likeness (QED) is 0.721. The van der Waals surface area contributed by atoms with Gasteiger partial charge in [0.2, 0.25) is 5.91 Å². The van der Waals surface area contributed by atoms with Crippen LogP contribution in [-0.4, -0.2) is 25.0 Å². The van der Waals surface area contributed by atoms with Crippen molar-refractivity contribution in [3.8, 4) is 0 Å². The molecule has 1 rings (SSSR count). The Morgan fingerprint density at radius 1 is 1.08 bits per heavy atom. The van der Waals surface area contributed by atoms with E-state index >= 15 is 0 Å². The Labute approximate surface area is 152 Å². The summed E-state index contributed by atoms with van der Waals surface area (Å²) in [5.41, 5.74) is 2.35. The third-order valence-electron chi connectivity index (χ3n) is 4.04. The van der Waals surface area contributed by atoms with Crippen LogP contribution in [0.5, 0.6) is 0 Å². The monoisotopic (exact) mass is 347 g/mol. The van der Waals surface area contributed by atoms with E-state index in [4.69, 9.17) is 4.74 Å². The molecule has 0 aliphatic heterocycles. The third kappa shape index (κ3) is 8.71. The summed E-state index contributed by atoms with van der Waals surface area (Å²) in [6, 6.07) is 8.12. The minimum atomic E-state index is -0.392. The second-order valence-electron chi connectivity index (χ2n) is 8.31. The van der Waals surface area contributed by atoms with Crippen LogP contribution in [0.3, 0.4) is 0 Å². The highest BCUT2D eigenvalue weighted by molar-refractivity contribution is 5.86. The van der Waals surface area contributed by atoms with Gasteiger partial charge in [-0.3, -0.25) is 9.59 Å². The molecule has 1 aromatic carbocycles. The summed E-state index contributed by atoms with van der Waals surface area (Å²) < 4.78 is 5.15. The molecule has 1 amide bonds. The van der Waals surface area contributed by atoms with E-state index in [0.29, 0.717) is 12.5 Å². The smallest absolute Gasteiger partial charge is 0.325 e. The molecule has 0 aliphatic rings. The van der Waals surface area contributed by atoms with Gasteiger partial charge in [-0.2, -0.15) is 0 Å². The summed E-state index contributed by atoms with van der Waals surface area (Å²) in [6.07, 6.45) is 1.83. The Bertz CT molecular complexity index is 555. The van der Waals surface area contributed by atoms with Crippen molar-refractivity contribution < 1.29 is 14.3 Å². The number of hydrogen-bond donors (Lipinski definition) is 1. The van der Waals surface area contributed by atoms with Crippen LogP contribution in [0.1, 0.15) is 65.0 Å². The fourth-order valence-electron chi connectivity index (χ4n) is 2.40. The summed E-state index contributed by atoms with van der Waals surface area (Å²) in [7, 11) is 0. The topological polar surface area (TPSA) is 55.4 Å². The lowest BCUT2D eigenvalue weighted by atomic mass is 9.93. The molecule has 0 saturated heterocycles. The van der Waals surface area contributed by atoms with E-state index < -0.39 is 5.97 Å². The van der Waals surface area contributed by atoms with E-state index in [9.17, 15) is 9.59 Å². The first-order valence-corrected chi connectivity index (χ1v) is 9.10. The van der Waals surface area contributed by atoms with E-state index in [0.717, 1.165) is 18.4 Å². The van der Waals surface area contributed by atoms with Gasteiger partial charge in [0.25, 0.3) is 0 Å². The molecule has 4 heteroatoms. The van der Waals surface area contributed by atoms with E-state index in [-0.39, 0.29) is 23.8 Å². The number of ether oxygens (including phenoxy) is 1. The minimum absolute atomic E-state index is 0.0846. The molecule has 0 spiro atoms. The normalized spacial score (nSPS) is 12.8. The number of benzene rings is 1. The van der Waals surface area contributed by atoms with E-state index in [1.165, 1.54) is 5.56 Å². The Hall–Kier alpha value is -1.84. The standard InChI is InChI=1S/C21H33NO3/c1-15(2)13-17-7-9-18(10-8-17)16(3)20(24)22-14-19(23)25-12-11-21(4,5)6/h7-10,15-16H,11-14H2,1-6H3,(H,22,24). The first-order chi connectivity index (χ1) is 11.6. The first-order valence-electron chi connectivity index (χ1n) is 9.10. The molecule has 25 heavy (non-hydrogen) atoms. The van der Waals surface area contributed by atoms with E-state index in [1.54, 1.807) is 0 Å². The van der Waals surface area contributed by atoms with Crippen molar-refractivity contribution in [3.63, 3.8) is 0 Å². The average molecular weight is 347 g/mol. The Balaban J connectivity index is 2.42.